The average Bonchev–Trinajstić information content (AvgIpc) is 2.75. The molecule has 0 aliphatic heterocycles. The lowest BCUT2D eigenvalue weighted by molar-refractivity contribution is 0.0955. The van der Waals surface area contributed by atoms with Gasteiger partial charge in [-0.05, 0) is 55.5 Å². The van der Waals surface area contributed by atoms with Crippen molar-refractivity contribution in [3.05, 3.63) is 93.5 Å². The molecule has 3 aromatic carbocycles. The fraction of sp³-hybridized carbons (Fsp3) is 0.130. The van der Waals surface area contributed by atoms with Crippen molar-refractivity contribution >= 4 is 35.3 Å². The summed E-state index contributed by atoms with van der Waals surface area (Å²) in [6.45, 7) is 2.76. The summed E-state index contributed by atoms with van der Waals surface area (Å²) < 4.78 is 11.2. The van der Waals surface area contributed by atoms with Crippen molar-refractivity contribution in [3.63, 3.8) is 0 Å². The van der Waals surface area contributed by atoms with Gasteiger partial charge in [-0.15, -0.1) is 0 Å². The molecule has 7 heteroatoms. The molecule has 0 saturated heterocycles. The fourth-order valence-corrected chi connectivity index (χ4v) is 2.99. The number of nitrogens with one attached hydrogen (secondary N) is 1. The summed E-state index contributed by atoms with van der Waals surface area (Å²) in [5.41, 5.74) is 4.46. The van der Waals surface area contributed by atoms with E-state index in [1.165, 1.54) is 6.21 Å². The SMILES string of the molecule is CCOc1ccc(C(=O)N/N=C/c2cc(Cl)ccc2OCc2ccccc2Cl)cc1. The van der Waals surface area contributed by atoms with Crippen LogP contribution in [0, 0.1) is 0 Å². The minimum atomic E-state index is -0.338. The first-order chi connectivity index (χ1) is 14.6. The van der Waals surface area contributed by atoms with Crippen molar-refractivity contribution in [2.24, 2.45) is 5.10 Å². The van der Waals surface area contributed by atoms with Crippen LogP contribution in [0.2, 0.25) is 10.0 Å². The van der Waals surface area contributed by atoms with Gasteiger partial charge in [-0.3, -0.25) is 4.79 Å². The highest BCUT2D eigenvalue weighted by Crippen LogP contribution is 2.24. The van der Waals surface area contributed by atoms with Crippen LogP contribution in [-0.4, -0.2) is 18.7 Å². The number of nitrogens with zero attached hydrogens (tertiary/aromatic N) is 1. The van der Waals surface area contributed by atoms with E-state index in [2.05, 4.69) is 10.5 Å². The summed E-state index contributed by atoms with van der Waals surface area (Å²) in [7, 11) is 0. The van der Waals surface area contributed by atoms with Gasteiger partial charge in [0.05, 0.1) is 12.8 Å². The molecule has 0 fully saturated rings. The van der Waals surface area contributed by atoms with Gasteiger partial charge < -0.3 is 9.47 Å². The van der Waals surface area contributed by atoms with E-state index in [-0.39, 0.29) is 5.91 Å². The van der Waals surface area contributed by atoms with Crippen LogP contribution in [0.15, 0.2) is 71.8 Å². The van der Waals surface area contributed by atoms with Gasteiger partial charge in [-0.1, -0.05) is 41.4 Å². The molecule has 0 atom stereocenters. The van der Waals surface area contributed by atoms with Crippen LogP contribution in [0.3, 0.4) is 0 Å². The van der Waals surface area contributed by atoms with Crippen molar-refractivity contribution < 1.29 is 14.3 Å². The largest absolute Gasteiger partial charge is 0.494 e. The molecular weight excluding hydrogens is 423 g/mol. The zero-order valence-corrected chi connectivity index (χ0v) is 17.8. The molecule has 0 spiro atoms. The average molecular weight is 443 g/mol. The zero-order valence-electron chi connectivity index (χ0n) is 16.3. The van der Waals surface area contributed by atoms with Gasteiger partial charge in [0.1, 0.15) is 18.1 Å². The van der Waals surface area contributed by atoms with Crippen LogP contribution < -0.4 is 14.9 Å². The first kappa shape index (κ1) is 21.7. The van der Waals surface area contributed by atoms with Gasteiger partial charge >= 0.3 is 0 Å². The van der Waals surface area contributed by atoms with Gasteiger partial charge in [0, 0.05) is 26.7 Å². The number of amides is 1. The molecular formula is C23H20Cl2N2O3. The maximum atomic E-state index is 12.3. The predicted octanol–water partition coefficient (Wildman–Crippen LogP) is 5.74. The first-order valence-electron chi connectivity index (χ1n) is 9.29. The molecule has 0 aromatic heterocycles. The monoisotopic (exact) mass is 442 g/mol. The Balaban J connectivity index is 1.66. The number of carbonyl (C=O) groups excluding carboxylic acids is 1. The molecule has 5 nitrogen and oxygen atoms in total. The van der Waals surface area contributed by atoms with Gasteiger partial charge in [-0.2, -0.15) is 5.10 Å². The second kappa shape index (κ2) is 10.7. The topological polar surface area (TPSA) is 59.9 Å². The Morgan fingerprint density at radius 1 is 1.03 bits per heavy atom. The summed E-state index contributed by atoms with van der Waals surface area (Å²) in [6.07, 6.45) is 1.49. The number of hydrogen-bond donors (Lipinski definition) is 1. The van der Waals surface area contributed by atoms with Crippen LogP contribution >= 0.6 is 23.2 Å². The molecule has 0 unspecified atom stereocenters. The summed E-state index contributed by atoms with van der Waals surface area (Å²) in [5.74, 6) is 0.935. The summed E-state index contributed by atoms with van der Waals surface area (Å²) >= 11 is 12.3. The van der Waals surface area contributed by atoms with Gasteiger partial charge in [0.2, 0.25) is 0 Å². The van der Waals surface area contributed by atoms with E-state index in [4.69, 9.17) is 32.7 Å². The number of hydrazone groups is 1. The van der Waals surface area contributed by atoms with Crippen molar-refractivity contribution in [2.45, 2.75) is 13.5 Å². The number of hydrogen-bond acceptors (Lipinski definition) is 4. The van der Waals surface area contributed by atoms with Crippen molar-refractivity contribution in [2.75, 3.05) is 6.61 Å². The lowest BCUT2D eigenvalue weighted by atomic mass is 10.2. The van der Waals surface area contributed by atoms with E-state index < -0.39 is 0 Å². The Hall–Kier alpha value is -3.02. The Morgan fingerprint density at radius 2 is 1.80 bits per heavy atom. The number of ether oxygens (including phenoxy) is 2. The van der Waals surface area contributed by atoms with Crippen LogP contribution in [-0.2, 0) is 6.61 Å². The second-order valence-corrected chi connectivity index (χ2v) is 7.06. The molecule has 3 aromatic rings. The van der Waals surface area contributed by atoms with E-state index in [0.717, 1.165) is 5.56 Å². The molecule has 0 aliphatic rings. The second-order valence-electron chi connectivity index (χ2n) is 6.22. The normalized spacial score (nSPS) is 10.8. The highest BCUT2D eigenvalue weighted by molar-refractivity contribution is 6.31. The lowest BCUT2D eigenvalue weighted by Crippen LogP contribution is -2.17. The summed E-state index contributed by atoms with van der Waals surface area (Å²) in [5, 5.41) is 5.19. The quantitative estimate of drug-likeness (QED) is 0.357. The molecule has 0 bridgehead atoms. The summed E-state index contributed by atoms with van der Waals surface area (Å²) in [4.78, 5) is 12.3. The number of benzene rings is 3. The minimum absolute atomic E-state index is 0.292. The van der Waals surface area contributed by atoms with Crippen molar-refractivity contribution in [1.29, 1.82) is 0 Å². The van der Waals surface area contributed by atoms with Crippen molar-refractivity contribution in [1.82, 2.24) is 5.43 Å². The highest BCUT2D eigenvalue weighted by atomic mass is 35.5. The lowest BCUT2D eigenvalue weighted by Gasteiger charge is -2.10. The molecule has 0 heterocycles. The first-order valence-corrected chi connectivity index (χ1v) is 10.0. The third-order valence-electron chi connectivity index (χ3n) is 4.11. The van der Waals surface area contributed by atoms with Gasteiger partial charge in [-0.25, -0.2) is 5.43 Å². The maximum Gasteiger partial charge on any atom is 0.271 e. The number of carbonyl (C=O) groups is 1. The Bertz CT molecular complexity index is 1040. The van der Waals surface area contributed by atoms with E-state index in [9.17, 15) is 4.79 Å². The zero-order chi connectivity index (χ0) is 21.3. The van der Waals surface area contributed by atoms with E-state index in [1.807, 2.05) is 25.1 Å². The fourth-order valence-electron chi connectivity index (χ4n) is 2.62. The molecule has 0 saturated carbocycles. The molecule has 154 valence electrons. The third-order valence-corrected chi connectivity index (χ3v) is 4.71. The van der Waals surface area contributed by atoms with Crippen LogP contribution in [0.1, 0.15) is 28.4 Å². The predicted molar refractivity (Wildman–Crippen MR) is 120 cm³/mol. The Kier molecular flexibility index (Phi) is 7.71. The highest BCUT2D eigenvalue weighted by Gasteiger charge is 2.07. The number of rotatable bonds is 8. The van der Waals surface area contributed by atoms with Gasteiger partial charge in [0.25, 0.3) is 5.91 Å². The summed E-state index contributed by atoms with van der Waals surface area (Å²) in [6, 6.07) is 19.4. The van der Waals surface area contributed by atoms with Gasteiger partial charge in [0.15, 0.2) is 0 Å². The van der Waals surface area contributed by atoms with E-state index in [0.29, 0.717) is 45.9 Å². The molecule has 0 radical (unpaired) electrons. The van der Waals surface area contributed by atoms with Crippen LogP contribution in [0.4, 0.5) is 0 Å². The minimum Gasteiger partial charge on any atom is -0.494 e. The third kappa shape index (κ3) is 5.99. The Labute approximate surface area is 185 Å². The maximum absolute atomic E-state index is 12.3. The van der Waals surface area contributed by atoms with Crippen molar-refractivity contribution in [3.8, 4) is 11.5 Å². The van der Waals surface area contributed by atoms with E-state index >= 15 is 0 Å². The molecule has 3 rings (SSSR count). The van der Waals surface area contributed by atoms with Crippen LogP contribution in [0.25, 0.3) is 0 Å². The number of halogens is 2. The van der Waals surface area contributed by atoms with E-state index in [1.54, 1.807) is 48.5 Å². The molecule has 0 aliphatic carbocycles. The molecule has 1 amide bonds. The standard InChI is InChI=1S/C23H20Cl2N2O3/c1-2-29-20-10-7-16(8-11-20)23(28)27-26-14-18-13-19(24)9-12-22(18)30-15-17-5-3-4-6-21(17)25/h3-14H,2,15H2,1H3,(H,27,28)/b26-14+. The van der Waals surface area contributed by atoms with Crippen LogP contribution in [0.5, 0.6) is 11.5 Å². The molecule has 1 N–H and O–H groups in total. The smallest absolute Gasteiger partial charge is 0.271 e. The Morgan fingerprint density at radius 3 is 2.53 bits per heavy atom. The molecule has 30 heavy (non-hydrogen) atoms.